The Morgan fingerprint density at radius 2 is 0.824 bits per heavy atom. The second kappa shape index (κ2) is 8.80. The van der Waals surface area contributed by atoms with Crippen molar-refractivity contribution in [1.82, 2.24) is 4.98 Å². The summed E-state index contributed by atoms with van der Waals surface area (Å²) in [4.78, 5) is 5.29. The van der Waals surface area contributed by atoms with Crippen LogP contribution in [0, 0.1) is 0 Å². The summed E-state index contributed by atoms with van der Waals surface area (Å²) in [6.45, 7) is 0. The van der Waals surface area contributed by atoms with Gasteiger partial charge in [-0.15, -0.1) is 0 Å². The van der Waals surface area contributed by atoms with E-state index in [0.29, 0.717) is 0 Å². The summed E-state index contributed by atoms with van der Waals surface area (Å²) in [5.41, 5.74) is 10.2. The summed E-state index contributed by atoms with van der Waals surface area (Å²) in [6, 6.07) is 49.0. The number of nitrogens with zero attached hydrogens (tertiary/aromatic N) is 1. The normalized spacial score (nSPS) is 10.9. The van der Waals surface area contributed by atoms with Crippen LogP contribution < -0.4 is 0 Å². The fraction of sp³-hybridized carbons (Fsp3) is 0. The van der Waals surface area contributed by atoms with Crippen molar-refractivity contribution in [2.45, 2.75) is 0 Å². The molecule has 0 aliphatic rings. The number of benzene rings is 5. The van der Waals surface area contributed by atoms with Crippen LogP contribution in [0.2, 0.25) is 0 Å². The maximum atomic E-state index is 5.29. The van der Waals surface area contributed by atoms with Gasteiger partial charge in [0.05, 0.1) is 11.2 Å². The third kappa shape index (κ3) is 3.58. The molecule has 0 aliphatic heterocycles. The first-order valence-corrected chi connectivity index (χ1v) is 11.6. The Morgan fingerprint density at radius 3 is 1.38 bits per heavy atom. The molecule has 1 heterocycles. The monoisotopic (exact) mass is 433 g/mol. The lowest BCUT2D eigenvalue weighted by molar-refractivity contribution is 1.39. The maximum Gasteiger partial charge on any atom is 0.0794 e. The molecule has 0 N–H and O–H groups in total. The molecule has 1 aromatic heterocycles. The number of aromatic nitrogens is 1. The Bertz CT molecular complexity index is 1560. The Hall–Kier alpha value is -4.49. The smallest absolute Gasteiger partial charge is 0.0794 e. The topological polar surface area (TPSA) is 12.9 Å². The number of hydrogen-bond acceptors (Lipinski definition) is 1. The highest BCUT2D eigenvalue weighted by Gasteiger charge is 2.21. The molecule has 0 unspecified atom stereocenters. The van der Waals surface area contributed by atoms with Crippen molar-refractivity contribution in [2.24, 2.45) is 0 Å². The van der Waals surface area contributed by atoms with Crippen molar-refractivity contribution in [3.8, 4) is 44.6 Å². The van der Waals surface area contributed by atoms with Crippen LogP contribution in [0.4, 0.5) is 0 Å². The van der Waals surface area contributed by atoms with E-state index in [4.69, 9.17) is 4.98 Å². The summed E-state index contributed by atoms with van der Waals surface area (Å²) in [6.07, 6.45) is 0. The van der Waals surface area contributed by atoms with Crippen LogP contribution in [0.25, 0.3) is 55.5 Å². The van der Waals surface area contributed by atoms with Crippen LogP contribution in [0.1, 0.15) is 0 Å². The molecule has 6 rings (SSSR count). The van der Waals surface area contributed by atoms with Gasteiger partial charge in [-0.2, -0.15) is 0 Å². The molecule has 1 heteroatoms. The average molecular weight is 434 g/mol. The lowest BCUT2D eigenvalue weighted by Gasteiger charge is -2.20. The quantitative estimate of drug-likeness (QED) is 0.270. The van der Waals surface area contributed by atoms with Crippen LogP contribution in [-0.4, -0.2) is 4.98 Å². The lowest BCUT2D eigenvalue weighted by atomic mass is 9.85. The molecular formula is C33H23N. The molecule has 0 atom stereocenters. The summed E-state index contributed by atoms with van der Waals surface area (Å²) < 4.78 is 0. The Morgan fingerprint density at radius 1 is 0.353 bits per heavy atom. The Balaban J connectivity index is 1.83. The predicted molar refractivity (Wildman–Crippen MR) is 143 cm³/mol. The third-order valence-corrected chi connectivity index (χ3v) is 6.27. The molecule has 5 aromatic carbocycles. The van der Waals surface area contributed by atoms with Crippen molar-refractivity contribution >= 4 is 10.9 Å². The fourth-order valence-corrected chi connectivity index (χ4v) is 4.76. The zero-order valence-electron chi connectivity index (χ0n) is 18.7. The average Bonchev–Trinajstić information content (AvgIpc) is 2.93. The Labute approximate surface area is 200 Å². The first kappa shape index (κ1) is 20.1. The number of pyridine rings is 1. The van der Waals surface area contributed by atoms with Gasteiger partial charge in [-0.25, -0.2) is 4.98 Å². The molecule has 6 aromatic rings. The lowest BCUT2D eigenvalue weighted by Crippen LogP contribution is -1.98. The summed E-state index contributed by atoms with van der Waals surface area (Å²) in [7, 11) is 0. The van der Waals surface area contributed by atoms with E-state index in [1.807, 2.05) is 0 Å². The molecule has 0 radical (unpaired) electrons. The first-order chi connectivity index (χ1) is 16.9. The number of rotatable bonds is 4. The van der Waals surface area contributed by atoms with Gasteiger partial charge in [0.1, 0.15) is 0 Å². The minimum Gasteiger partial charge on any atom is -0.247 e. The van der Waals surface area contributed by atoms with Crippen molar-refractivity contribution in [3.05, 3.63) is 140 Å². The van der Waals surface area contributed by atoms with Crippen LogP contribution in [0.15, 0.2) is 140 Å². The molecular weight excluding hydrogens is 410 g/mol. The van der Waals surface area contributed by atoms with Gasteiger partial charge in [-0.1, -0.05) is 133 Å². The van der Waals surface area contributed by atoms with Gasteiger partial charge in [0.25, 0.3) is 0 Å². The highest BCUT2D eigenvalue weighted by Crippen LogP contribution is 2.45. The van der Waals surface area contributed by atoms with Gasteiger partial charge in [-0.3, -0.25) is 0 Å². The first-order valence-electron chi connectivity index (χ1n) is 11.6. The highest BCUT2D eigenvalue weighted by molar-refractivity contribution is 6.12. The standard InChI is InChI=1S/C33H23N/c1-5-14-24(15-6-1)28-22-13-23-29-32(28)30(25-16-7-2-8-17-25)31(26-18-9-3-10-19-26)33(34-29)27-20-11-4-12-21-27/h1-23H. The molecule has 0 saturated carbocycles. The van der Waals surface area contributed by atoms with Crippen LogP contribution in [-0.2, 0) is 0 Å². The highest BCUT2D eigenvalue weighted by atomic mass is 14.7. The SMILES string of the molecule is c1ccc(-c2nc3cccc(-c4ccccc4)c3c(-c3ccccc3)c2-c2ccccc2)cc1. The molecule has 1 nitrogen and oxygen atoms in total. The van der Waals surface area contributed by atoms with E-state index >= 15 is 0 Å². The molecule has 0 bridgehead atoms. The van der Waals surface area contributed by atoms with Gasteiger partial charge in [0, 0.05) is 22.1 Å². The van der Waals surface area contributed by atoms with Gasteiger partial charge >= 0.3 is 0 Å². The van der Waals surface area contributed by atoms with Gasteiger partial charge < -0.3 is 0 Å². The Kier molecular flexibility index (Phi) is 5.21. The maximum absolute atomic E-state index is 5.29. The van der Waals surface area contributed by atoms with Gasteiger partial charge in [-0.05, 0) is 28.3 Å². The van der Waals surface area contributed by atoms with Gasteiger partial charge in [0.2, 0.25) is 0 Å². The van der Waals surface area contributed by atoms with Crippen LogP contribution >= 0.6 is 0 Å². The number of fused-ring (bicyclic) bond motifs is 1. The van der Waals surface area contributed by atoms with Crippen molar-refractivity contribution < 1.29 is 0 Å². The van der Waals surface area contributed by atoms with E-state index in [1.165, 1.54) is 27.6 Å². The number of hydrogen-bond donors (Lipinski definition) is 0. The summed E-state index contributed by atoms with van der Waals surface area (Å²) >= 11 is 0. The van der Waals surface area contributed by atoms with E-state index in [0.717, 1.165) is 27.9 Å². The third-order valence-electron chi connectivity index (χ3n) is 6.27. The minimum absolute atomic E-state index is 0.999. The molecule has 34 heavy (non-hydrogen) atoms. The second-order valence-electron chi connectivity index (χ2n) is 8.37. The largest absolute Gasteiger partial charge is 0.247 e. The summed E-state index contributed by atoms with van der Waals surface area (Å²) in [5, 5.41) is 1.18. The molecule has 160 valence electrons. The second-order valence-corrected chi connectivity index (χ2v) is 8.37. The predicted octanol–water partition coefficient (Wildman–Crippen LogP) is 8.90. The van der Waals surface area contributed by atoms with E-state index in [-0.39, 0.29) is 0 Å². The molecule has 0 amide bonds. The van der Waals surface area contributed by atoms with Crippen LogP contribution in [0.3, 0.4) is 0 Å². The zero-order valence-corrected chi connectivity index (χ0v) is 18.7. The summed E-state index contributed by atoms with van der Waals surface area (Å²) in [5.74, 6) is 0. The molecule has 0 fully saturated rings. The van der Waals surface area contributed by atoms with E-state index in [2.05, 4.69) is 140 Å². The van der Waals surface area contributed by atoms with Crippen molar-refractivity contribution in [1.29, 1.82) is 0 Å². The van der Waals surface area contributed by atoms with Crippen molar-refractivity contribution in [3.63, 3.8) is 0 Å². The molecule has 0 saturated heterocycles. The van der Waals surface area contributed by atoms with E-state index in [9.17, 15) is 0 Å². The van der Waals surface area contributed by atoms with E-state index < -0.39 is 0 Å². The minimum atomic E-state index is 0.999. The van der Waals surface area contributed by atoms with Crippen LogP contribution in [0.5, 0.6) is 0 Å². The van der Waals surface area contributed by atoms with Crippen molar-refractivity contribution in [2.75, 3.05) is 0 Å². The molecule has 0 aliphatic carbocycles. The van der Waals surface area contributed by atoms with Gasteiger partial charge in [0.15, 0.2) is 0 Å². The molecule has 0 spiro atoms. The fourth-order valence-electron chi connectivity index (χ4n) is 4.76. The van der Waals surface area contributed by atoms with E-state index in [1.54, 1.807) is 0 Å². The zero-order chi connectivity index (χ0) is 22.7.